The lowest BCUT2D eigenvalue weighted by atomic mass is 9.96. The van der Waals surface area contributed by atoms with Gasteiger partial charge in [0.2, 0.25) is 0 Å². The molecule has 0 aliphatic carbocycles. The highest BCUT2D eigenvalue weighted by atomic mass is 16.5. The fourth-order valence-electron chi connectivity index (χ4n) is 4.13. The predicted octanol–water partition coefficient (Wildman–Crippen LogP) is 6.33. The van der Waals surface area contributed by atoms with Gasteiger partial charge in [0.25, 0.3) is 0 Å². The zero-order valence-corrected chi connectivity index (χ0v) is 13.8. The van der Waals surface area contributed by atoms with Crippen molar-refractivity contribution in [1.29, 1.82) is 0 Å². The van der Waals surface area contributed by atoms with Gasteiger partial charge in [0, 0.05) is 0 Å². The standard InChI is InChI=1S/C24H16O/c1-2-4-16-6-18-8-20-10-22-12-24-14-25-13-23(24)11-21(22)9-19(20)7-17(18)5-15(16)3-1/h1-12H,13-14H2. The molecule has 1 aliphatic rings. The molecule has 6 rings (SSSR count). The lowest BCUT2D eigenvalue weighted by Crippen LogP contribution is -1.85. The minimum absolute atomic E-state index is 0.743. The van der Waals surface area contributed by atoms with Crippen LogP contribution in [0.2, 0.25) is 0 Å². The topological polar surface area (TPSA) is 9.23 Å². The van der Waals surface area contributed by atoms with Crippen molar-refractivity contribution < 1.29 is 4.74 Å². The first kappa shape index (κ1) is 13.4. The number of benzene rings is 5. The Morgan fingerprint density at radius 3 is 1.24 bits per heavy atom. The molecular weight excluding hydrogens is 304 g/mol. The van der Waals surface area contributed by atoms with Crippen LogP contribution in [-0.2, 0) is 18.0 Å². The third-order valence-electron chi connectivity index (χ3n) is 5.45. The first-order valence-corrected chi connectivity index (χ1v) is 8.73. The van der Waals surface area contributed by atoms with Gasteiger partial charge in [-0.15, -0.1) is 0 Å². The van der Waals surface area contributed by atoms with Gasteiger partial charge < -0.3 is 4.74 Å². The number of ether oxygens (including phenoxy) is 1. The van der Waals surface area contributed by atoms with Gasteiger partial charge in [-0.1, -0.05) is 24.3 Å². The quantitative estimate of drug-likeness (QED) is 0.303. The van der Waals surface area contributed by atoms with Crippen LogP contribution in [0.15, 0.2) is 72.8 Å². The van der Waals surface area contributed by atoms with Crippen LogP contribution in [0.1, 0.15) is 11.1 Å². The fourth-order valence-corrected chi connectivity index (χ4v) is 4.13. The molecule has 0 saturated heterocycles. The van der Waals surface area contributed by atoms with E-state index in [-0.39, 0.29) is 0 Å². The molecule has 0 amide bonds. The van der Waals surface area contributed by atoms with Gasteiger partial charge in [-0.05, 0) is 103 Å². The van der Waals surface area contributed by atoms with Gasteiger partial charge in [-0.3, -0.25) is 0 Å². The van der Waals surface area contributed by atoms with E-state index < -0.39 is 0 Å². The smallest absolute Gasteiger partial charge is 0.0725 e. The van der Waals surface area contributed by atoms with Crippen molar-refractivity contribution in [3.63, 3.8) is 0 Å². The predicted molar refractivity (Wildman–Crippen MR) is 105 cm³/mol. The number of rotatable bonds is 0. The van der Waals surface area contributed by atoms with Gasteiger partial charge in [-0.25, -0.2) is 0 Å². The molecule has 0 unspecified atom stereocenters. The van der Waals surface area contributed by atoms with Crippen LogP contribution in [0.4, 0.5) is 0 Å². The molecule has 0 fully saturated rings. The normalized spacial score (nSPS) is 13.9. The third kappa shape index (κ3) is 2.00. The summed E-state index contributed by atoms with van der Waals surface area (Å²) in [6.07, 6.45) is 0. The van der Waals surface area contributed by atoms with E-state index in [0.717, 1.165) is 13.2 Å². The Labute approximate surface area is 145 Å². The Morgan fingerprint density at radius 2 is 0.800 bits per heavy atom. The second-order valence-corrected chi connectivity index (χ2v) is 7.06. The summed E-state index contributed by atoms with van der Waals surface area (Å²) in [7, 11) is 0. The van der Waals surface area contributed by atoms with Gasteiger partial charge in [-0.2, -0.15) is 0 Å². The van der Waals surface area contributed by atoms with Crippen LogP contribution in [0.3, 0.4) is 0 Å². The monoisotopic (exact) mass is 320 g/mol. The summed E-state index contributed by atoms with van der Waals surface area (Å²) < 4.78 is 5.59. The van der Waals surface area contributed by atoms with E-state index >= 15 is 0 Å². The molecule has 5 aromatic rings. The average molecular weight is 320 g/mol. The van der Waals surface area contributed by atoms with Gasteiger partial charge in [0.05, 0.1) is 13.2 Å². The van der Waals surface area contributed by atoms with Crippen LogP contribution < -0.4 is 0 Å². The largest absolute Gasteiger partial charge is 0.372 e. The highest BCUT2D eigenvalue weighted by Gasteiger charge is 2.12. The second-order valence-electron chi connectivity index (χ2n) is 7.06. The molecule has 1 heteroatoms. The Morgan fingerprint density at radius 1 is 0.440 bits per heavy atom. The van der Waals surface area contributed by atoms with Crippen molar-refractivity contribution in [2.75, 3.05) is 0 Å². The first-order chi connectivity index (χ1) is 12.3. The minimum Gasteiger partial charge on any atom is -0.372 e. The van der Waals surface area contributed by atoms with Gasteiger partial charge in [0.15, 0.2) is 0 Å². The number of hydrogen-bond donors (Lipinski definition) is 0. The maximum absolute atomic E-state index is 5.59. The minimum atomic E-state index is 0.743. The Hall–Kier alpha value is -2.90. The zero-order chi connectivity index (χ0) is 16.4. The summed E-state index contributed by atoms with van der Waals surface area (Å²) in [4.78, 5) is 0. The molecule has 0 aromatic heterocycles. The molecule has 1 nitrogen and oxygen atoms in total. The van der Waals surface area contributed by atoms with Crippen molar-refractivity contribution in [2.45, 2.75) is 13.2 Å². The molecule has 0 bridgehead atoms. The summed E-state index contributed by atoms with van der Waals surface area (Å²) in [6, 6.07) is 27.0. The Balaban J connectivity index is 1.69. The molecule has 118 valence electrons. The van der Waals surface area contributed by atoms with Crippen LogP contribution in [0.5, 0.6) is 0 Å². The van der Waals surface area contributed by atoms with Crippen LogP contribution in [-0.4, -0.2) is 0 Å². The molecule has 0 atom stereocenters. The van der Waals surface area contributed by atoms with Crippen LogP contribution >= 0.6 is 0 Å². The third-order valence-corrected chi connectivity index (χ3v) is 5.45. The van der Waals surface area contributed by atoms with E-state index in [9.17, 15) is 0 Å². The maximum atomic E-state index is 5.59. The molecule has 5 aromatic carbocycles. The SMILES string of the molecule is c1ccc2cc3cc4cc5cc6c(cc5cc4cc3cc2c1)COC6. The van der Waals surface area contributed by atoms with Gasteiger partial charge >= 0.3 is 0 Å². The van der Waals surface area contributed by atoms with E-state index in [1.165, 1.54) is 54.2 Å². The van der Waals surface area contributed by atoms with E-state index in [4.69, 9.17) is 4.74 Å². The summed E-state index contributed by atoms with van der Waals surface area (Å²) >= 11 is 0. The van der Waals surface area contributed by atoms with E-state index in [1.807, 2.05) is 0 Å². The molecule has 1 aliphatic heterocycles. The summed E-state index contributed by atoms with van der Waals surface area (Å²) in [6.45, 7) is 1.49. The second kappa shape index (κ2) is 4.81. The van der Waals surface area contributed by atoms with E-state index in [2.05, 4.69) is 72.8 Å². The van der Waals surface area contributed by atoms with Crippen molar-refractivity contribution >= 4 is 43.1 Å². The number of fused-ring (bicyclic) bond motifs is 5. The van der Waals surface area contributed by atoms with Crippen molar-refractivity contribution in [3.8, 4) is 0 Å². The number of hydrogen-bond acceptors (Lipinski definition) is 1. The molecule has 0 saturated carbocycles. The maximum Gasteiger partial charge on any atom is 0.0725 e. The van der Waals surface area contributed by atoms with Crippen LogP contribution in [0.25, 0.3) is 43.1 Å². The molecule has 0 spiro atoms. The molecule has 0 N–H and O–H groups in total. The van der Waals surface area contributed by atoms with Crippen LogP contribution in [0, 0.1) is 0 Å². The lowest BCUT2D eigenvalue weighted by Gasteiger charge is -2.08. The average Bonchev–Trinajstić information content (AvgIpc) is 3.08. The fraction of sp³-hybridized carbons (Fsp3) is 0.0833. The molecular formula is C24H16O. The zero-order valence-electron chi connectivity index (χ0n) is 13.8. The Bertz CT molecular complexity index is 1210. The summed E-state index contributed by atoms with van der Waals surface area (Å²) in [5, 5.41) is 10.4. The van der Waals surface area contributed by atoms with Crippen molar-refractivity contribution in [3.05, 3.63) is 83.9 Å². The summed E-state index contributed by atoms with van der Waals surface area (Å²) in [5.41, 5.74) is 2.66. The van der Waals surface area contributed by atoms with Crippen molar-refractivity contribution in [1.82, 2.24) is 0 Å². The molecule has 1 heterocycles. The van der Waals surface area contributed by atoms with E-state index in [1.54, 1.807) is 0 Å². The molecule has 0 radical (unpaired) electrons. The van der Waals surface area contributed by atoms with Gasteiger partial charge in [0.1, 0.15) is 0 Å². The molecule has 25 heavy (non-hydrogen) atoms. The first-order valence-electron chi connectivity index (χ1n) is 8.73. The van der Waals surface area contributed by atoms with E-state index in [0.29, 0.717) is 0 Å². The summed E-state index contributed by atoms with van der Waals surface area (Å²) in [5.74, 6) is 0. The highest BCUT2D eigenvalue weighted by Crippen LogP contribution is 2.32. The van der Waals surface area contributed by atoms with Crippen molar-refractivity contribution in [2.24, 2.45) is 0 Å². The highest BCUT2D eigenvalue weighted by molar-refractivity contribution is 6.08. The Kier molecular flexibility index (Phi) is 2.58. The lowest BCUT2D eigenvalue weighted by molar-refractivity contribution is 0.134.